The molecule has 0 saturated carbocycles. The van der Waals surface area contributed by atoms with Crippen LogP contribution in [0.3, 0.4) is 0 Å². The van der Waals surface area contributed by atoms with Gasteiger partial charge in [-0.15, -0.1) is 0 Å². The normalized spacial score (nSPS) is 12.1. The number of carbonyl (C=O) groups is 1. The van der Waals surface area contributed by atoms with E-state index in [1.165, 1.54) is 0 Å². The van der Waals surface area contributed by atoms with Crippen LogP contribution in [0.25, 0.3) is 0 Å². The van der Waals surface area contributed by atoms with Gasteiger partial charge in [-0.1, -0.05) is 30.3 Å². The monoisotopic (exact) mass is 286 g/mol. The van der Waals surface area contributed by atoms with Gasteiger partial charge in [-0.2, -0.15) is 5.10 Å². The van der Waals surface area contributed by atoms with Crippen molar-refractivity contribution in [3.05, 3.63) is 53.3 Å². The SMILES string of the molecule is Cc1c(C(=O)NCCC(C)N)cnn1Cc1ccccc1. The van der Waals surface area contributed by atoms with Gasteiger partial charge in [-0.05, 0) is 25.8 Å². The number of carbonyl (C=O) groups excluding carboxylic acids is 1. The topological polar surface area (TPSA) is 72.9 Å². The maximum absolute atomic E-state index is 12.1. The van der Waals surface area contributed by atoms with Crippen LogP contribution < -0.4 is 11.1 Å². The van der Waals surface area contributed by atoms with Crippen LogP contribution in [0.4, 0.5) is 0 Å². The predicted molar refractivity (Wildman–Crippen MR) is 83.1 cm³/mol. The highest BCUT2D eigenvalue weighted by atomic mass is 16.1. The lowest BCUT2D eigenvalue weighted by Gasteiger charge is -2.08. The maximum atomic E-state index is 12.1. The molecule has 112 valence electrons. The Balaban J connectivity index is 2.01. The highest BCUT2D eigenvalue weighted by Gasteiger charge is 2.14. The number of hydrogen-bond acceptors (Lipinski definition) is 3. The molecule has 5 heteroatoms. The van der Waals surface area contributed by atoms with Gasteiger partial charge < -0.3 is 11.1 Å². The van der Waals surface area contributed by atoms with Crippen molar-refractivity contribution in [2.24, 2.45) is 5.73 Å². The Kier molecular flexibility index (Phi) is 5.11. The second-order valence-electron chi connectivity index (χ2n) is 5.31. The van der Waals surface area contributed by atoms with Gasteiger partial charge in [0, 0.05) is 18.3 Å². The summed E-state index contributed by atoms with van der Waals surface area (Å²) in [5.74, 6) is -0.0903. The van der Waals surface area contributed by atoms with E-state index in [-0.39, 0.29) is 11.9 Å². The second kappa shape index (κ2) is 7.04. The van der Waals surface area contributed by atoms with Gasteiger partial charge in [0.25, 0.3) is 5.91 Å². The fraction of sp³-hybridized carbons (Fsp3) is 0.375. The van der Waals surface area contributed by atoms with Gasteiger partial charge in [0.2, 0.25) is 0 Å². The number of nitrogens with zero attached hydrogens (tertiary/aromatic N) is 2. The Labute approximate surface area is 125 Å². The van der Waals surface area contributed by atoms with Gasteiger partial charge in [0.1, 0.15) is 0 Å². The lowest BCUT2D eigenvalue weighted by molar-refractivity contribution is 0.0952. The third-order valence-corrected chi connectivity index (χ3v) is 3.41. The first-order valence-electron chi connectivity index (χ1n) is 7.18. The summed E-state index contributed by atoms with van der Waals surface area (Å²) in [6, 6.07) is 10.2. The number of amides is 1. The van der Waals surface area contributed by atoms with Crippen molar-refractivity contribution < 1.29 is 4.79 Å². The van der Waals surface area contributed by atoms with Crippen molar-refractivity contribution in [2.75, 3.05) is 6.54 Å². The smallest absolute Gasteiger partial charge is 0.254 e. The summed E-state index contributed by atoms with van der Waals surface area (Å²) in [7, 11) is 0. The van der Waals surface area contributed by atoms with E-state index in [4.69, 9.17) is 5.73 Å². The van der Waals surface area contributed by atoms with Crippen LogP contribution in [0.15, 0.2) is 36.5 Å². The number of hydrogen-bond donors (Lipinski definition) is 2. The van der Waals surface area contributed by atoms with E-state index in [0.29, 0.717) is 18.7 Å². The van der Waals surface area contributed by atoms with Crippen molar-refractivity contribution in [2.45, 2.75) is 32.9 Å². The van der Waals surface area contributed by atoms with Crippen LogP contribution in [0.5, 0.6) is 0 Å². The molecule has 0 aliphatic heterocycles. The maximum Gasteiger partial charge on any atom is 0.254 e. The number of nitrogens with one attached hydrogen (secondary N) is 1. The molecule has 0 bridgehead atoms. The molecular formula is C16H22N4O. The first-order chi connectivity index (χ1) is 10.1. The molecule has 1 aromatic carbocycles. The van der Waals surface area contributed by atoms with Crippen molar-refractivity contribution >= 4 is 5.91 Å². The minimum Gasteiger partial charge on any atom is -0.352 e. The van der Waals surface area contributed by atoms with E-state index >= 15 is 0 Å². The van der Waals surface area contributed by atoms with E-state index in [9.17, 15) is 4.79 Å². The summed E-state index contributed by atoms with van der Waals surface area (Å²) in [5, 5.41) is 7.18. The molecule has 5 nitrogen and oxygen atoms in total. The summed E-state index contributed by atoms with van der Waals surface area (Å²) in [6.45, 7) is 5.09. The summed E-state index contributed by atoms with van der Waals surface area (Å²) >= 11 is 0. The molecule has 2 rings (SSSR count). The van der Waals surface area contributed by atoms with Crippen molar-refractivity contribution in [1.82, 2.24) is 15.1 Å². The van der Waals surface area contributed by atoms with E-state index in [2.05, 4.69) is 10.4 Å². The number of nitrogens with two attached hydrogens (primary N) is 1. The molecule has 21 heavy (non-hydrogen) atoms. The number of rotatable bonds is 6. The zero-order chi connectivity index (χ0) is 15.2. The second-order valence-corrected chi connectivity index (χ2v) is 5.31. The summed E-state index contributed by atoms with van der Waals surface area (Å²) < 4.78 is 1.84. The van der Waals surface area contributed by atoms with Crippen LogP contribution in [-0.2, 0) is 6.54 Å². The summed E-state index contributed by atoms with van der Waals surface area (Å²) in [5.41, 5.74) is 8.32. The van der Waals surface area contributed by atoms with Gasteiger partial charge in [0.15, 0.2) is 0 Å². The van der Waals surface area contributed by atoms with E-state index < -0.39 is 0 Å². The fourth-order valence-electron chi connectivity index (χ4n) is 2.09. The molecule has 2 aromatic rings. The largest absolute Gasteiger partial charge is 0.352 e. The molecular weight excluding hydrogens is 264 g/mol. The fourth-order valence-corrected chi connectivity index (χ4v) is 2.09. The zero-order valence-electron chi connectivity index (χ0n) is 12.5. The molecule has 0 aliphatic rings. The minimum atomic E-state index is -0.0903. The Morgan fingerprint density at radius 2 is 2.10 bits per heavy atom. The molecule has 0 spiro atoms. The van der Waals surface area contributed by atoms with Crippen molar-refractivity contribution in [1.29, 1.82) is 0 Å². The quantitative estimate of drug-likeness (QED) is 0.849. The molecule has 1 atom stereocenters. The third kappa shape index (κ3) is 4.16. The lowest BCUT2D eigenvalue weighted by Crippen LogP contribution is -2.29. The van der Waals surface area contributed by atoms with Crippen molar-refractivity contribution in [3.63, 3.8) is 0 Å². The minimum absolute atomic E-state index is 0.0900. The van der Waals surface area contributed by atoms with Gasteiger partial charge in [0.05, 0.1) is 18.3 Å². The predicted octanol–water partition coefficient (Wildman–Crippen LogP) is 1.71. The Morgan fingerprint density at radius 1 is 1.38 bits per heavy atom. The zero-order valence-corrected chi connectivity index (χ0v) is 12.5. The Bertz CT molecular complexity index is 590. The molecule has 1 unspecified atom stereocenters. The first kappa shape index (κ1) is 15.3. The van der Waals surface area contributed by atoms with Crippen molar-refractivity contribution in [3.8, 4) is 0 Å². The van der Waals surface area contributed by atoms with Gasteiger partial charge in [-0.25, -0.2) is 0 Å². The first-order valence-corrected chi connectivity index (χ1v) is 7.18. The van der Waals surface area contributed by atoms with Crippen LogP contribution in [0, 0.1) is 6.92 Å². The molecule has 1 amide bonds. The van der Waals surface area contributed by atoms with Crippen LogP contribution in [-0.4, -0.2) is 28.3 Å². The average Bonchev–Trinajstić information content (AvgIpc) is 2.81. The average molecular weight is 286 g/mol. The Hall–Kier alpha value is -2.14. The van der Waals surface area contributed by atoms with Crippen LogP contribution in [0.1, 0.15) is 35.0 Å². The highest BCUT2D eigenvalue weighted by Crippen LogP contribution is 2.10. The number of aromatic nitrogens is 2. The van der Waals surface area contributed by atoms with E-state index in [0.717, 1.165) is 17.7 Å². The summed E-state index contributed by atoms with van der Waals surface area (Å²) in [6.07, 6.45) is 2.39. The molecule has 0 fully saturated rings. The highest BCUT2D eigenvalue weighted by molar-refractivity contribution is 5.95. The Morgan fingerprint density at radius 3 is 2.76 bits per heavy atom. The summed E-state index contributed by atoms with van der Waals surface area (Å²) in [4.78, 5) is 12.1. The van der Waals surface area contributed by atoms with E-state index in [1.807, 2.05) is 48.9 Å². The van der Waals surface area contributed by atoms with Crippen LogP contribution in [0.2, 0.25) is 0 Å². The molecule has 1 aromatic heterocycles. The molecule has 0 aliphatic carbocycles. The molecule has 0 radical (unpaired) electrons. The van der Waals surface area contributed by atoms with Gasteiger partial charge in [-0.3, -0.25) is 9.48 Å². The molecule has 1 heterocycles. The van der Waals surface area contributed by atoms with Gasteiger partial charge >= 0.3 is 0 Å². The third-order valence-electron chi connectivity index (χ3n) is 3.41. The van der Waals surface area contributed by atoms with E-state index in [1.54, 1.807) is 6.20 Å². The lowest BCUT2D eigenvalue weighted by atomic mass is 10.2. The standard InChI is InChI=1S/C16H22N4O/c1-12(17)8-9-18-16(21)15-10-19-20(13(15)2)11-14-6-4-3-5-7-14/h3-7,10,12H,8-9,11,17H2,1-2H3,(H,18,21). The molecule has 3 N–H and O–H groups in total. The van der Waals surface area contributed by atoms with Crippen LogP contribution >= 0.6 is 0 Å². The molecule has 0 saturated heterocycles. The number of benzene rings is 1.